The molecule has 1 saturated heterocycles. The average Bonchev–Trinajstić information content (AvgIpc) is 2.65. The predicted molar refractivity (Wildman–Crippen MR) is 101 cm³/mol. The molecule has 1 heterocycles. The summed E-state index contributed by atoms with van der Waals surface area (Å²) in [6, 6.07) is 13.8. The Labute approximate surface area is 158 Å². The lowest BCUT2D eigenvalue weighted by Crippen LogP contribution is -2.48. The van der Waals surface area contributed by atoms with Crippen LogP contribution in [0.1, 0.15) is 5.56 Å². The van der Waals surface area contributed by atoms with Crippen molar-refractivity contribution >= 4 is 11.6 Å². The molecule has 6 heteroatoms. The van der Waals surface area contributed by atoms with Gasteiger partial charge in [-0.3, -0.25) is 9.80 Å². The maximum atomic E-state index is 13.0. The van der Waals surface area contributed by atoms with E-state index in [9.17, 15) is 9.50 Å². The minimum Gasteiger partial charge on any atom is -0.491 e. The number of halogens is 2. The smallest absolute Gasteiger partial charge is 0.123 e. The van der Waals surface area contributed by atoms with Gasteiger partial charge < -0.3 is 9.84 Å². The van der Waals surface area contributed by atoms with E-state index in [1.807, 2.05) is 12.1 Å². The van der Waals surface area contributed by atoms with Crippen LogP contribution in [0.5, 0.6) is 5.75 Å². The maximum absolute atomic E-state index is 13.0. The van der Waals surface area contributed by atoms with E-state index in [1.165, 1.54) is 12.1 Å². The van der Waals surface area contributed by atoms with Crippen LogP contribution in [0, 0.1) is 5.82 Å². The Kier molecular flexibility index (Phi) is 6.86. The number of hydrogen-bond donors (Lipinski definition) is 1. The molecule has 1 N–H and O–H groups in total. The summed E-state index contributed by atoms with van der Waals surface area (Å²) in [4.78, 5) is 4.59. The van der Waals surface area contributed by atoms with E-state index in [2.05, 4.69) is 9.80 Å². The van der Waals surface area contributed by atoms with Crippen LogP contribution in [-0.4, -0.2) is 60.3 Å². The molecule has 0 bridgehead atoms. The molecule has 1 fully saturated rings. The fraction of sp³-hybridized carbons (Fsp3) is 0.400. The highest BCUT2D eigenvalue weighted by atomic mass is 35.5. The molecule has 0 spiro atoms. The Morgan fingerprint density at radius 3 is 2.23 bits per heavy atom. The zero-order chi connectivity index (χ0) is 18.4. The number of nitrogens with zero attached hydrogens (tertiary/aromatic N) is 2. The number of benzene rings is 2. The van der Waals surface area contributed by atoms with Crippen LogP contribution >= 0.6 is 11.6 Å². The van der Waals surface area contributed by atoms with E-state index in [4.69, 9.17) is 16.3 Å². The van der Waals surface area contributed by atoms with Crippen LogP contribution in [0.4, 0.5) is 4.39 Å². The third kappa shape index (κ3) is 5.95. The van der Waals surface area contributed by atoms with Gasteiger partial charge in [-0.15, -0.1) is 0 Å². The number of ether oxygens (including phenoxy) is 1. The van der Waals surface area contributed by atoms with E-state index in [0.29, 0.717) is 17.3 Å². The lowest BCUT2D eigenvalue weighted by Gasteiger charge is -2.35. The van der Waals surface area contributed by atoms with E-state index >= 15 is 0 Å². The van der Waals surface area contributed by atoms with E-state index in [0.717, 1.165) is 38.3 Å². The lowest BCUT2D eigenvalue weighted by molar-refractivity contribution is 0.0446. The maximum Gasteiger partial charge on any atom is 0.123 e. The van der Waals surface area contributed by atoms with Crippen molar-refractivity contribution in [3.63, 3.8) is 0 Å². The third-order valence-corrected chi connectivity index (χ3v) is 4.76. The first-order chi connectivity index (χ1) is 12.6. The first kappa shape index (κ1) is 19.1. The van der Waals surface area contributed by atoms with E-state index in [1.54, 1.807) is 24.3 Å². The predicted octanol–water partition coefficient (Wildman–Crippen LogP) is 3.04. The van der Waals surface area contributed by atoms with Gasteiger partial charge in [-0.05, 0) is 42.0 Å². The van der Waals surface area contributed by atoms with E-state index in [-0.39, 0.29) is 12.4 Å². The Morgan fingerprint density at radius 2 is 1.58 bits per heavy atom. The average molecular weight is 379 g/mol. The molecule has 2 aromatic carbocycles. The molecule has 2 aromatic rings. The van der Waals surface area contributed by atoms with Crippen LogP contribution < -0.4 is 4.74 Å². The molecule has 1 atom stereocenters. The molecular weight excluding hydrogens is 355 g/mol. The summed E-state index contributed by atoms with van der Waals surface area (Å²) in [6.45, 7) is 5.36. The van der Waals surface area contributed by atoms with Crippen LogP contribution in [-0.2, 0) is 6.54 Å². The summed E-state index contributed by atoms with van der Waals surface area (Å²) in [7, 11) is 0. The number of β-amino-alcohol motifs (C(OH)–C–C–N with tert-alkyl or cyclic N) is 1. The van der Waals surface area contributed by atoms with Crippen LogP contribution in [0.25, 0.3) is 0 Å². The summed E-state index contributed by atoms with van der Waals surface area (Å²) in [6.07, 6.45) is -0.533. The van der Waals surface area contributed by atoms with Gasteiger partial charge in [0.25, 0.3) is 0 Å². The SMILES string of the molecule is OC(COc1ccc(Cl)cc1)CN1CCN(Cc2ccc(F)cc2)CC1. The fourth-order valence-corrected chi connectivity index (χ4v) is 3.18. The van der Waals surface area contributed by atoms with Crippen LogP contribution in [0.15, 0.2) is 48.5 Å². The van der Waals surface area contributed by atoms with Crippen LogP contribution in [0.2, 0.25) is 5.02 Å². The zero-order valence-electron chi connectivity index (χ0n) is 14.7. The van der Waals surface area contributed by atoms with Crippen molar-refractivity contribution in [3.05, 3.63) is 64.9 Å². The largest absolute Gasteiger partial charge is 0.491 e. The van der Waals surface area contributed by atoms with Crippen molar-refractivity contribution in [2.24, 2.45) is 0 Å². The molecule has 0 radical (unpaired) electrons. The summed E-state index contributed by atoms with van der Waals surface area (Å²) in [5.41, 5.74) is 1.12. The van der Waals surface area contributed by atoms with Crippen molar-refractivity contribution in [2.75, 3.05) is 39.3 Å². The lowest BCUT2D eigenvalue weighted by atomic mass is 10.2. The molecule has 1 aliphatic rings. The van der Waals surface area contributed by atoms with Gasteiger partial charge in [0, 0.05) is 44.3 Å². The van der Waals surface area contributed by atoms with Crippen molar-refractivity contribution in [1.82, 2.24) is 9.80 Å². The molecular formula is C20H24ClFN2O2. The second-order valence-electron chi connectivity index (χ2n) is 6.62. The van der Waals surface area contributed by atoms with Gasteiger partial charge in [0.05, 0.1) is 0 Å². The van der Waals surface area contributed by atoms with Crippen molar-refractivity contribution in [2.45, 2.75) is 12.6 Å². The highest BCUT2D eigenvalue weighted by molar-refractivity contribution is 6.30. The second-order valence-corrected chi connectivity index (χ2v) is 7.06. The fourth-order valence-electron chi connectivity index (χ4n) is 3.05. The molecule has 140 valence electrons. The van der Waals surface area contributed by atoms with Gasteiger partial charge in [-0.25, -0.2) is 4.39 Å². The van der Waals surface area contributed by atoms with E-state index < -0.39 is 6.10 Å². The highest BCUT2D eigenvalue weighted by Crippen LogP contribution is 2.16. The third-order valence-electron chi connectivity index (χ3n) is 4.51. The number of piperazine rings is 1. The zero-order valence-corrected chi connectivity index (χ0v) is 15.4. The number of hydrogen-bond acceptors (Lipinski definition) is 4. The Morgan fingerprint density at radius 1 is 0.962 bits per heavy atom. The summed E-state index contributed by atoms with van der Waals surface area (Å²) >= 11 is 5.84. The summed E-state index contributed by atoms with van der Waals surface area (Å²) < 4.78 is 18.6. The molecule has 0 saturated carbocycles. The molecule has 0 aromatic heterocycles. The van der Waals surface area contributed by atoms with Crippen LogP contribution in [0.3, 0.4) is 0 Å². The van der Waals surface area contributed by atoms with Gasteiger partial charge in [-0.2, -0.15) is 0 Å². The van der Waals surface area contributed by atoms with Gasteiger partial charge >= 0.3 is 0 Å². The first-order valence-corrected chi connectivity index (χ1v) is 9.22. The normalized spacial score (nSPS) is 17.2. The number of rotatable bonds is 7. The van der Waals surface area contributed by atoms with Crippen molar-refractivity contribution in [3.8, 4) is 5.75 Å². The van der Waals surface area contributed by atoms with Gasteiger partial charge in [0.1, 0.15) is 24.3 Å². The Bertz CT molecular complexity index is 673. The van der Waals surface area contributed by atoms with Gasteiger partial charge in [-0.1, -0.05) is 23.7 Å². The number of aliphatic hydroxyl groups is 1. The van der Waals surface area contributed by atoms with Crippen molar-refractivity contribution < 1.29 is 14.2 Å². The molecule has 4 nitrogen and oxygen atoms in total. The Balaban J connectivity index is 1.36. The molecule has 1 aliphatic heterocycles. The van der Waals surface area contributed by atoms with Gasteiger partial charge in [0.15, 0.2) is 0 Å². The summed E-state index contributed by atoms with van der Waals surface area (Å²) in [5, 5.41) is 10.9. The molecule has 0 amide bonds. The second kappa shape index (κ2) is 9.33. The Hall–Kier alpha value is -1.66. The molecule has 3 rings (SSSR count). The molecule has 1 unspecified atom stereocenters. The molecule has 0 aliphatic carbocycles. The highest BCUT2D eigenvalue weighted by Gasteiger charge is 2.19. The molecule has 26 heavy (non-hydrogen) atoms. The minimum atomic E-state index is -0.533. The monoisotopic (exact) mass is 378 g/mol. The summed E-state index contributed by atoms with van der Waals surface area (Å²) in [5.74, 6) is 0.506. The number of aliphatic hydroxyl groups excluding tert-OH is 1. The van der Waals surface area contributed by atoms with Gasteiger partial charge in [0.2, 0.25) is 0 Å². The quantitative estimate of drug-likeness (QED) is 0.803. The first-order valence-electron chi connectivity index (χ1n) is 8.84. The topological polar surface area (TPSA) is 35.9 Å². The standard InChI is InChI=1S/C20H24ClFN2O2/c21-17-3-7-20(8-4-17)26-15-19(25)14-24-11-9-23(10-12-24)13-16-1-5-18(22)6-2-16/h1-8,19,25H,9-15H2. The minimum absolute atomic E-state index is 0.201. The van der Waals surface area contributed by atoms with Crippen molar-refractivity contribution in [1.29, 1.82) is 0 Å².